The summed E-state index contributed by atoms with van der Waals surface area (Å²) < 4.78 is 15.2. The Bertz CT molecular complexity index is 1360. The average molecular weight is 417 g/mol. The van der Waals surface area contributed by atoms with E-state index in [1.54, 1.807) is 30.2 Å². The van der Waals surface area contributed by atoms with Gasteiger partial charge in [-0.1, -0.05) is 0 Å². The topological polar surface area (TPSA) is 112 Å². The molecule has 1 aromatic carbocycles. The highest BCUT2D eigenvalue weighted by molar-refractivity contribution is 6.05. The third kappa shape index (κ3) is 3.20. The fourth-order valence-electron chi connectivity index (χ4n) is 4.18. The van der Waals surface area contributed by atoms with Crippen LogP contribution in [0.2, 0.25) is 0 Å². The Balaban J connectivity index is 1.47. The minimum Gasteiger partial charge on any atom is -0.349 e. The van der Waals surface area contributed by atoms with Gasteiger partial charge in [0.15, 0.2) is 5.65 Å². The van der Waals surface area contributed by atoms with Crippen molar-refractivity contribution in [1.29, 1.82) is 5.26 Å². The number of carbonyl (C=O) groups is 1. The van der Waals surface area contributed by atoms with Crippen molar-refractivity contribution in [3.8, 4) is 17.5 Å². The summed E-state index contributed by atoms with van der Waals surface area (Å²) in [5.74, 6) is -0.179. The van der Waals surface area contributed by atoms with Gasteiger partial charge in [-0.3, -0.25) is 9.48 Å². The molecule has 1 amide bonds. The number of aromatic amines is 1. The number of nitrogens with zero attached hydrogens (tertiary/aromatic N) is 5. The number of nitriles is 1. The molecule has 4 aromatic rings. The van der Waals surface area contributed by atoms with Crippen LogP contribution in [-0.4, -0.2) is 36.7 Å². The zero-order valence-electron chi connectivity index (χ0n) is 17.1. The number of aromatic nitrogens is 5. The second-order valence-electron chi connectivity index (χ2n) is 8.11. The number of rotatable bonds is 4. The molecule has 156 valence electrons. The Morgan fingerprint density at radius 1 is 1.42 bits per heavy atom. The molecule has 9 heteroatoms. The molecular weight excluding hydrogens is 397 g/mol. The lowest BCUT2D eigenvalue weighted by Crippen LogP contribution is -2.43. The molecule has 1 aliphatic carbocycles. The average Bonchev–Trinajstić information content (AvgIpc) is 3.28. The molecule has 3 aromatic heterocycles. The minimum atomic E-state index is -0.338. The maximum Gasteiger partial charge on any atom is 0.255 e. The van der Waals surface area contributed by atoms with E-state index in [1.165, 1.54) is 12.1 Å². The summed E-state index contributed by atoms with van der Waals surface area (Å²) in [4.78, 5) is 24.9. The van der Waals surface area contributed by atoms with E-state index in [1.807, 2.05) is 6.92 Å². The second-order valence-corrected chi connectivity index (χ2v) is 8.11. The van der Waals surface area contributed by atoms with Gasteiger partial charge in [0.25, 0.3) is 5.91 Å². The molecule has 1 atom stereocenters. The van der Waals surface area contributed by atoms with Crippen molar-refractivity contribution in [1.82, 2.24) is 30.0 Å². The molecule has 0 spiro atoms. The Morgan fingerprint density at radius 3 is 3.00 bits per heavy atom. The largest absolute Gasteiger partial charge is 0.349 e. The van der Waals surface area contributed by atoms with Crippen molar-refractivity contribution in [3.63, 3.8) is 0 Å². The molecule has 8 nitrogen and oxygen atoms in total. The molecule has 1 saturated carbocycles. The number of hydrogen-bond donors (Lipinski definition) is 2. The fourth-order valence-corrected chi connectivity index (χ4v) is 4.18. The number of fused-ring (bicyclic) bond motifs is 2. The summed E-state index contributed by atoms with van der Waals surface area (Å²) in [5, 5.41) is 17.2. The highest BCUT2D eigenvalue weighted by Crippen LogP contribution is 2.35. The molecule has 31 heavy (non-hydrogen) atoms. The van der Waals surface area contributed by atoms with E-state index in [0.29, 0.717) is 39.5 Å². The van der Waals surface area contributed by atoms with E-state index < -0.39 is 0 Å². The first-order valence-corrected chi connectivity index (χ1v) is 10.1. The van der Waals surface area contributed by atoms with Crippen molar-refractivity contribution >= 4 is 28.0 Å². The number of carbonyl (C=O) groups excluding carboxylic acids is 1. The standard InChI is InChI=1S/C22H20FN7O/c1-11(13-5-12(6-13)8-24)27-22(31)16-9-25-21-20(16)28-17(10-26-21)19-15-4-3-14(23)7-18(15)30(2)29-19/h3-4,7,9-13H,5-6H2,1-2H3,(H,25,26)(H,27,31)/t11?,12-,13-. The molecule has 2 N–H and O–H groups in total. The lowest BCUT2D eigenvalue weighted by Gasteiger charge is -2.35. The van der Waals surface area contributed by atoms with Gasteiger partial charge in [-0.25, -0.2) is 14.4 Å². The monoisotopic (exact) mass is 417 g/mol. The van der Waals surface area contributed by atoms with Gasteiger partial charge in [-0.2, -0.15) is 10.4 Å². The quantitative estimate of drug-likeness (QED) is 0.529. The van der Waals surface area contributed by atoms with E-state index >= 15 is 0 Å². The Morgan fingerprint density at radius 2 is 2.23 bits per heavy atom. The van der Waals surface area contributed by atoms with Crippen LogP contribution in [0.4, 0.5) is 4.39 Å². The molecule has 5 rings (SSSR count). The minimum absolute atomic E-state index is 0.0344. The zero-order valence-corrected chi connectivity index (χ0v) is 17.1. The van der Waals surface area contributed by atoms with Crippen LogP contribution in [0.5, 0.6) is 0 Å². The van der Waals surface area contributed by atoms with Crippen molar-refractivity contribution < 1.29 is 9.18 Å². The second kappa shape index (κ2) is 7.16. The lowest BCUT2D eigenvalue weighted by atomic mass is 9.72. The van der Waals surface area contributed by atoms with Gasteiger partial charge in [-0.15, -0.1) is 0 Å². The Hall–Kier alpha value is -3.80. The number of nitrogens with one attached hydrogen (secondary N) is 2. The van der Waals surface area contributed by atoms with Crippen LogP contribution in [0, 0.1) is 29.0 Å². The van der Waals surface area contributed by atoms with Crippen LogP contribution in [0.1, 0.15) is 30.1 Å². The van der Waals surface area contributed by atoms with E-state index in [9.17, 15) is 9.18 Å². The molecule has 1 aliphatic rings. The van der Waals surface area contributed by atoms with Gasteiger partial charge in [-0.05, 0) is 43.9 Å². The normalized spacial score (nSPS) is 19.2. The van der Waals surface area contributed by atoms with Crippen molar-refractivity contribution in [3.05, 3.63) is 42.0 Å². The predicted molar refractivity (Wildman–Crippen MR) is 112 cm³/mol. The SMILES string of the molecule is CC(NC(=O)c1c[nH]c2ncc(-c3nn(C)c4cc(F)ccc34)nc12)[C@H]1C[C@H](C#N)C1. The van der Waals surface area contributed by atoms with Gasteiger partial charge >= 0.3 is 0 Å². The zero-order chi connectivity index (χ0) is 21.7. The Labute approximate surface area is 177 Å². The summed E-state index contributed by atoms with van der Waals surface area (Å²) in [7, 11) is 1.74. The van der Waals surface area contributed by atoms with Crippen LogP contribution < -0.4 is 5.32 Å². The molecule has 0 bridgehead atoms. The van der Waals surface area contributed by atoms with Gasteiger partial charge in [0.2, 0.25) is 0 Å². The van der Waals surface area contributed by atoms with E-state index in [2.05, 4.69) is 31.4 Å². The van der Waals surface area contributed by atoms with Crippen LogP contribution >= 0.6 is 0 Å². The van der Waals surface area contributed by atoms with Crippen LogP contribution in [0.3, 0.4) is 0 Å². The van der Waals surface area contributed by atoms with Gasteiger partial charge in [0, 0.05) is 30.6 Å². The number of hydrogen-bond acceptors (Lipinski definition) is 5. The first kappa shape index (κ1) is 19.2. The van der Waals surface area contributed by atoms with E-state index in [4.69, 9.17) is 5.26 Å². The lowest BCUT2D eigenvalue weighted by molar-refractivity contribution is 0.0896. The van der Waals surface area contributed by atoms with Gasteiger partial charge in [0.1, 0.15) is 22.7 Å². The summed E-state index contributed by atoms with van der Waals surface area (Å²) >= 11 is 0. The van der Waals surface area contributed by atoms with E-state index in [0.717, 1.165) is 18.2 Å². The van der Waals surface area contributed by atoms with E-state index in [-0.39, 0.29) is 23.7 Å². The number of H-pyrrole nitrogens is 1. The summed E-state index contributed by atoms with van der Waals surface area (Å²) in [6.07, 6.45) is 4.80. The van der Waals surface area contributed by atoms with Crippen molar-refractivity contribution in [2.75, 3.05) is 0 Å². The van der Waals surface area contributed by atoms with Crippen LogP contribution in [0.15, 0.2) is 30.6 Å². The van der Waals surface area contributed by atoms with Crippen LogP contribution in [-0.2, 0) is 7.05 Å². The fraction of sp³-hybridized carbons (Fsp3) is 0.318. The summed E-state index contributed by atoms with van der Waals surface area (Å²) in [6.45, 7) is 1.96. The van der Waals surface area contributed by atoms with Gasteiger partial charge < -0.3 is 10.3 Å². The number of amides is 1. The summed E-state index contributed by atoms with van der Waals surface area (Å²) in [6, 6.07) is 6.70. The maximum atomic E-state index is 13.6. The number of benzene rings is 1. The molecule has 0 aliphatic heterocycles. The third-order valence-electron chi connectivity index (χ3n) is 6.10. The Kier molecular flexibility index (Phi) is 4.43. The highest BCUT2D eigenvalue weighted by Gasteiger charge is 2.34. The molecule has 1 fully saturated rings. The molecule has 1 unspecified atom stereocenters. The first-order chi connectivity index (χ1) is 14.9. The van der Waals surface area contributed by atoms with Crippen molar-refractivity contribution in [2.24, 2.45) is 18.9 Å². The summed E-state index contributed by atoms with van der Waals surface area (Å²) in [5.41, 5.74) is 3.08. The number of halogens is 1. The molecule has 3 heterocycles. The molecular formula is C22H20FN7O. The number of aryl methyl sites for hydroxylation is 1. The third-order valence-corrected chi connectivity index (χ3v) is 6.10. The van der Waals surface area contributed by atoms with Crippen molar-refractivity contribution in [2.45, 2.75) is 25.8 Å². The highest BCUT2D eigenvalue weighted by atomic mass is 19.1. The predicted octanol–water partition coefficient (Wildman–Crippen LogP) is 3.32. The first-order valence-electron chi connectivity index (χ1n) is 10.1. The molecule has 0 radical (unpaired) electrons. The van der Waals surface area contributed by atoms with Gasteiger partial charge in [0.05, 0.1) is 23.3 Å². The molecule has 0 saturated heterocycles. The smallest absolute Gasteiger partial charge is 0.255 e. The maximum absolute atomic E-state index is 13.6. The van der Waals surface area contributed by atoms with Crippen LogP contribution in [0.25, 0.3) is 33.5 Å².